The van der Waals surface area contributed by atoms with Crippen LogP contribution in [0.1, 0.15) is 32.0 Å². The molecule has 9 heteroatoms. The van der Waals surface area contributed by atoms with Crippen molar-refractivity contribution < 1.29 is 14.4 Å². The van der Waals surface area contributed by atoms with E-state index in [4.69, 9.17) is 0 Å². The fraction of sp³-hybridized carbons (Fsp3) is 0.350. The summed E-state index contributed by atoms with van der Waals surface area (Å²) in [5, 5.41) is 2.95. The van der Waals surface area contributed by atoms with E-state index in [2.05, 4.69) is 21.2 Å². The summed E-state index contributed by atoms with van der Waals surface area (Å²) >= 11 is 6.47. The van der Waals surface area contributed by atoms with Crippen LogP contribution in [-0.4, -0.2) is 53.4 Å². The van der Waals surface area contributed by atoms with Gasteiger partial charge in [0.2, 0.25) is 5.91 Å². The van der Waals surface area contributed by atoms with Crippen molar-refractivity contribution in [3.8, 4) is 0 Å². The number of anilines is 1. The molecule has 29 heavy (non-hydrogen) atoms. The lowest BCUT2D eigenvalue weighted by Crippen LogP contribution is -2.36. The smallest absolute Gasteiger partial charge is 0.261 e. The highest BCUT2D eigenvalue weighted by Gasteiger charge is 2.32. The number of amides is 3. The summed E-state index contributed by atoms with van der Waals surface area (Å²) in [6.07, 6.45) is 0.267. The summed E-state index contributed by atoms with van der Waals surface area (Å²) in [6, 6.07) is 8.86. The fourth-order valence-electron chi connectivity index (χ4n) is 3.55. The van der Waals surface area contributed by atoms with Crippen LogP contribution in [0, 0.1) is 6.92 Å². The van der Waals surface area contributed by atoms with Gasteiger partial charge in [-0.15, -0.1) is 23.1 Å². The van der Waals surface area contributed by atoms with Gasteiger partial charge in [0, 0.05) is 36.5 Å². The first kappa shape index (κ1) is 20.4. The predicted octanol–water partition coefficient (Wildman–Crippen LogP) is 3.50. The predicted molar refractivity (Wildman–Crippen MR) is 120 cm³/mol. The Balaban J connectivity index is 1.44. The topological polar surface area (TPSA) is 69.7 Å². The molecule has 2 fully saturated rings. The number of benzene rings is 1. The number of rotatable bonds is 4. The Bertz CT molecular complexity index is 972. The molecule has 3 amide bonds. The van der Waals surface area contributed by atoms with Gasteiger partial charge in [-0.05, 0) is 58.7 Å². The zero-order valence-corrected chi connectivity index (χ0v) is 19.0. The molecule has 2 aliphatic rings. The molecule has 1 N–H and O–H groups in total. The Morgan fingerprint density at radius 1 is 1.24 bits per heavy atom. The highest BCUT2D eigenvalue weighted by atomic mass is 79.9. The zero-order chi connectivity index (χ0) is 20.5. The van der Waals surface area contributed by atoms with Gasteiger partial charge in [-0.3, -0.25) is 14.4 Å². The lowest BCUT2D eigenvalue weighted by Gasteiger charge is -2.20. The third kappa shape index (κ3) is 4.36. The maximum Gasteiger partial charge on any atom is 0.261 e. The van der Waals surface area contributed by atoms with E-state index in [1.165, 1.54) is 11.3 Å². The maximum atomic E-state index is 12.7. The van der Waals surface area contributed by atoms with Crippen LogP contribution in [0.2, 0.25) is 0 Å². The van der Waals surface area contributed by atoms with Crippen molar-refractivity contribution in [1.82, 2.24) is 10.2 Å². The molecule has 0 aliphatic carbocycles. The van der Waals surface area contributed by atoms with Crippen molar-refractivity contribution in [2.24, 2.45) is 0 Å². The van der Waals surface area contributed by atoms with E-state index >= 15 is 0 Å². The molecule has 0 unspecified atom stereocenters. The number of thioether (sulfide) groups is 1. The number of aryl methyl sites for hydroxylation is 1. The molecule has 3 heterocycles. The Morgan fingerprint density at radius 2 is 2.07 bits per heavy atom. The molecule has 1 aromatic carbocycles. The van der Waals surface area contributed by atoms with Crippen molar-refractivity contribution in [2.75, 3.05) is 29.6 Å². The van der Waals surface area contributed by atoms with Crippen LogP contribution in [0.4, 0.5) is 5.69 Å². The summed E-state index contributed by atoms with van der Waals surface area (Å²) in [4.78, 5) is 41.7. The van der Waals surface area contributed by atoms with Crippen molar-refractivity contribution in [3.63, 3.8) is 0 Å². The molecule has 4 rings (SSSR count). The van der Waals surface area contributed by atoms with Crippen LogP contribution in [0.3, 0.4) is 0 Å². The molecule has 6 nitrogen and oxygen atoms in total. The van der Waals surface area contributed by atoms with Gasteiger partial charge in [0.25, 0.3) is 11.8 Å². The second kappa shape index (κ2) is 8.49. The van der Waals surface area contributed by atoms with Crippen molar-refractivity contribution >= 4 is 62.4 Å². The SMILES string of the molecule is Cc1cc(N2C[C@H](NC(=O)c3ccc(Br)s3)CC2=O)ccc1C(=O)N1CCSC1. The first-order chi connectivity index (χ1) is 13.9. The number of carbonyl (C=O) groups is 3. The minimum absolute atomic E-state index is 0.0305. The molecule has 2 saturated heterocycles. The number of hydrogen-bond acceptors (Lipinski definition) is 5. The zero-order valence-electron chi connectivity index (χ0n) is 15.8. The van der Waals surface area contributed by atoms with Gasteiger partial charge in [0.05, 0.1) is 20.6 Å². The summed E-state index contributed by atoms with van der Waals surface area (Å²) in [5.74, 6) is 1.55. The maximum absolute atomic E-state index is 12.7. The quantitative estimate of drug-likeness (QED) is 0.707. The van der Waals surface area contributed by atoms with E-state index in [0.29, 0.717) is 17.0 Å². The summed E-state index contributed by atoms with van der Waals surface area (Å²) in [6.45, 7) is 3.10. The molecule has 0 saturated carbocycles. The van der Waals surface area contributed by atoms with E-state index < -0.39 is 0 Å². The lowest BCUT2D eigenvalue weighted by molar-refractivity contribution is -0.117. The molecule has 0 bridgehead atoms. The fourth-order valence-corrected chi connectivity index (χ4v) is 5.78. The van der Waals surface area contributed by atoms with Gasteiger partial charge in [-0.2, -0.15) is 0 Å². The third-order valence-corrected chi connectivity index (χ3v) is 7.64. The molecule has 0 spiro atoms. The Labute approximate surface area is 185 Å². The second-order valence-electron chi connectivity index (χ2n) is 7.09. The number of halogens is 1. The lowest BCUT2D eigenvalue weighted by atomic mass is 10.1. The number of hydrogen-bond donors (Lipinski definition) is 1. The number of carbonyl (C=O) groups excluding carboxylic acids is 3. The Hall–Kier alpha value is -1.84. The van der Waals surface area contributed by atoms with E-state index in [1.54, 1.807) is 28.8 Å². The molecular formula is C20H20BrN3O3S2. The van der Waals surface area contributed by atoms with Gasteiger partial charge in [0.1, 0.15) is 0 Å². The first-order valence-electron chi connectivity index (χ1n) is 9.26. The number of nitrogens with zero attached hydrogens (tertiary/aromatic N) is 2. The van der Waals surface area contributed by atoms with Gasteiger partial charge < -0.3 is 15.1 Å². The van der Waals surface area contributed by atoms with Crippen molar-refractivity contribution in [2.45, 2.75) is 19.4 Å². The first-order valence-corrected chi connectivity index (χ1v) is 12.0. The molecule has 152 valence electrons. The monoisotopic (exact) mass is 493 g/mol. The van der Waals surface area contributed by atoms with Gasteiger partial charge in [-0.1, -0.05) is 0 Å². The van der Waals surface area contributed by atoms with Gasteiger partial charge >= 0.3 is 0 Å². The van der Waals surface area contributed by atoms with Crippen LogP contribution >= 0.6 is 39.0 Å². The molecular weight excluding hydrogens is 474 g/mol. The number of nitrogens with one attached hydrogen (secondary N) is 1. The highest BCUT2D eigenvalue weighted by Crippen LogP contribution is 2.27. The molecule has 1 atom stereocenters. The summed E-state index contributed by atoms with van der Waals surface area (Å²) in [5.41, 5.74) is 2.29. The Kier molecular flexibility index (Phi) is 5.98. The molecule has 1 aromatic heterocycles. The molecule has 2 aromatic rings. The van der Waals surface area contributed by atoms with Crippen LogP contribution in [0.25, 0.3) is 0 Å². The highest BCUT2D eigenvalue weighted by molar-refractivity contribution is 9.11. The van der Waals surface area contributed by atoms with Crippen LogP contribution in [0.5, 0.6) is 0 Å². The minimum atomic E-state index is -0.237. The normalized spacial score (nSPS) is 19.1. The van der Waals surface area contributed by atoms with Crippen molar-refractivity contribution in [1.29, 1.82) is 0 Å². The van der Waals surface area contributed by atoms with Crippen LogP contribution in [0.15, 0.2) is 34.1 Å². The van der Waals surface area contributed by atoms with E-state index in [-0.39, 0.29) is 30.2 Å². The van der Waals surface area contributed by atoms with E-state index in [1.807, 2.05) is 30.0 Å². The van der Waals surface area contributed by atoms with Crippen LogP contribution in [-0.2, 0) is 4.79 Å². The average Bonchev–Trinajstić information content (AvgIpc) is 3.42. The van der Waals surface area contributed by atoms with E-state index in [9.17, 15) is 14.4 Å². The Morgan fingerprint density at radius 3 is 2.72 bits per heavy atom. The van der Waals surface area contributed by atoms with E-state index in [0.717, 1.165) is 33.2 Å². The molecule has 0 radical (unpaired) electrons. The van der Waals surface area contributed by atoms with Crippen LogP contribution < -0.4 is 10.2 Å². The van der Waals surface area contributed by atoms with Gasteiger partial charge in [-0.25, -0.2) is 0 Å². The van der Waals surface area contributed by atoms with Crippen molar-refractivity contribution in [3.05, 3.63) is 50.1 Å². The summed E-state index contributed by atoms with van der Waals surface area (Å²) < 4.78 is 0.893. The molecule has 2 aliphatic heterocycles. The third-order valence-electron chi connectivity index (χ3n) is 5.05. The number of thiophene rings is 1. The summed E-state index contributed by atoms with van der Waals surface area (Å²) in [7, 11) is 0. The standard InChI is InChI=1S/C20H20BrN3O3S2/c1-12-8-14(2-3-15(12)20(27)23-6-7-28-11-23)24-10-13(9-18(24)25)22-19(26)16-4-5-17(21)29-16/h2-5,8,13H,6-7,9-11H2,1H3,(H,22,26)/t13-/m1/s1. The average molecular weight is 494 g/mol. The van der Waals surface area contributed by atoms with Gasteiger partial charge in [0.15, 0.2) is 0 Å². The second-order valence-corrected chi connectivity index (χ2v) is 10.6. The minimum Gasteiger partial charge on any atom is -0.346 e. The largest absolute Gasteiger partial charge is 0.346 e.